The summed E-state index contributed by atoms with van der Waals surface area (Å²) < 4.78 is 18.6. The third-order valence-corrected chi connectivity index (χ3v) is 4.38. The van der Waals surface area contributed by atoms with Crippen molar-refractivity contribution in [2.24, 2.45) is 0 Å². The number of nitrogens with zero attached hydrogens (tertiary/aromatic N) is 4. The van der Waals surface area contributed by atoms with Crippen LogP contribution >= 0.6 is 0 Å². The van der Waals surface area contributed by atoms with Gasteiger partial charge in [-0.25, -0.2) is 4.68 Å². The van der Waals surface area contributed by atoms with Crippen molar-refractivity contribution in [2.45, 2.75) is 26.1 Å². The predicted molar refractivity (Wildman–Crippen MR) is 103 cm³/mol. The number of hydrogen-bond acceptors (Lipinski definition) is 6. The average molecular weight is 392 g/mol. The lowest BCUT2D eigenvalue weighted by Gasteiger charge is -2.26. The molecule has 1 atom stereocenters. The molecule has 8 heteroatoms. The molecule has 0 N–H and O–H groups in total. The standard InChI is InChI=1S/C21H20N4O4/c1-2-3-10-24(12-16-7-6-11-27-16)21(26)18-14-25(23-22-18)13-17-15-28-19-8-4-5-9-20(19)29-17/h4-9,11,14,17H,10,12-13,15H2,1H3. The van der Waals surface area contributed by atoms with E-state index in [1.807, 2.05) is 30.3 Å². The van der Waals surface area contributed by atoms with Crippen LogP contribution in [0, 0.1) is 11.8 Å². The third kappa shape index (κ3) is 4.41. The van der Waals surface area contributed by atoms with E-state index in [0.717, 1.165) is 5.75 Å². The Morgan fingerprint density at radius 2 is 2.14 bits per heavy atom. The number of hydrogen-bond donors (Lipinski definition) is 0. The zero-order valence-electron chi connectivity index (χ0n) is 15.9. The summed E-state index contributed by atoms with van der Waals surface area (Å²) >= 11 is 0. The summed E-state index contributed by atoms with van der Waals surface area (Å²) in [5.41, 5.74) is 0.242. The van der Waals surface area contributed by atoms with Gasteiger partial charge >= 0.3 is 0 Å². The molecule has 2 aromatic heterocycles. The molecule has 1 aromatic carbocycles. The first-order chi connectivity index (χ1) is 14.2. The Kier molecular flexibility index (Phi) is 5.47. The fourth-order valence-corrected chi connectivity index (χ4v) is 2.97. The van der Waals surface area contributed by atoms with Crippen molar-refractivity contribution in [1.82, 2.24) is 19.9 Å². The third-order valence-electron chi connectivity index (χ3n) is 4.38. The van der Waals surface area contributed by atoms with Crippen molar-refractivity contribution < 1.29 is 18.7 Å². The molecule has 8 nitrogen and oxygen atoms in total. The molecule has 1 aliphatic rings. The van der Waals surface area contributed by atoms with Gasteiger partial charge in [0, 0.05) is 0 Å². The van der Waals surface area contributed by atoms with Gasteiger partial charge in [0.2, 0.25) is 0 Å². The molecular weight excluding hydrogens is 372 g/mol. The Hall–Kier alpha value is -3.73. The van der Waals surface area contributed by atoms with Crippen LogP contribution in [-0.2, 0) is 13.1 Å². The predicted octanol–water partition coefficient (Wildman–Crippen LogP) is 2.38. The number of amides is 1. The lowest BCUT2D eigenvalue weighted by atomic mass is 10.2. The molecule has 148 valence electrons. The number of fused-ring (bicyclic) bond motifs is 1. The van der Waals surface area contributed by atoms with E-state index in [9.17, 15) is 4.79 Å². The molecule has 0 saturated heterocycles. The summed E-state index contributed by atoms with van der Waals surface area (Å²) in [4.78, 5) is 14.5. The maximum atomic E-state index is 12.9. The average Bonchev–Trinajstić information content (AvgIpc) is 3.43. The van der Waals surface area contributed by atoms with Gasteiger partial charge in [-0.2, -0.15) is 0 Å². The minimum Gasteiger partial charge on any atom is -0.486 e. The quantitative estimate of drug-likeness (QED) is 0.599. The zero-order chi connectivity index (χ0) is 20.1. The number of aromatic nitrogens is 3. The number of para-hydroxylation sites is 2. The van der Waals surface area contributed by atoms with Crippen LogP contribution in [0.1, 0.15) is 23.2 Å². The van der Waals surface area contributed by atoms with Crippen LogP contribution in [0.4, 0.5) is 0 Å². The van der Waals surface area contributed by atoms with Gasteiger partial charge in [-0.05, 0) is 31.2 Å². The van der Waals surface area contributed by atoms with E-state index in [-0.39, 0.29) is 24.2 Å². The van der Waals surface area contributed by atoms with Gasteiger partial charge in [0.1, 0.15) is 12.4 Å². The van der Waals surface area contributed by atoms with Crippen LogP contribution in [-0.4, -0.2) is 45.1 Å². The Morgan fingerprint density at radius 3 is 2.93 bits per heavy atom. The van der Waals surface area contributed by atoms with Crippen molar-refractivity contribution >= 4 is 5.91 Å². The molecule has 0 radical (unpaired) electrons. The highest BCUT2D eigenvalue weighted by atomic mass is 16.6. The first kappa shape index (κ1) is 18.6. The molecule has 0 saturated carbocycles. The molecule has 0 aliphatic carbocycles. The fourth-order valence-electron chi connectivity index (χ4n) is 2.97. The van der Waals surface area contributed by atoms with Crippen molar-refractivity contribution in [1.29, 1.82) is 0 Å². The maximum absolute atomic E-state index is 12.9. The van der Waals surface area contributed by atoms with Crippen LogP contribution in [0.3, 0.4) is 0 Å². The van der Waals surface area contributed by atoms with Crippen LogP contribution in [0.5, 0.6) is 11.5 Å². The molecule has 1 aliphatic heterocycles. The highest BCUT2D eigenvalue weighted by molar-refractivity contribution is 5.92. The van der Waals surface area contributed by atoms with Gasteiger partial charge in [-0.1, -0.05) is 23.3 Å². The van der Waals surface area contributed by atoms with E-state index in [2.05, 4.69) is 22.2 Å². The molecule has 0 spiro atoms. The van der Waals surface area contributed by atoms with Crippen molar-refractivity contribution in [2.75, 3.05) is 13.2 Å². The number of carbonyl (C=O) groups is 1. The van der Waals surface area contributed by atoms with Gasteiger partial charge in [-0.3, -0.25) is 4.79 Å². The van der Waals surface area contributed by atoms with Crippen molar-refractivity contribution in [3.05, 3.63) is 60.3 Å². The smallest absolute Gasteiger partial charge is 0.277 e. The van der Waals surface area contributed by atoms with Gasteiger partial charge in [-0.15, -0.1) is 11.0 Å². The molecule has 3 heterocycles. The van der Waals surface area contributed by atoms with E-state index in [4.69, 9.17) is 13.9 Å². The number of furan rings is 1. The van der Waals surface area contributed by atoms with E-state index in [1.165, 1.54) is 0 Å². The SMILES string of the molecule is CC#CCN(Cc1ccco1)C(=O)c1cn(CC2COc3ccccc3O2)nn1. The second kappa shape index (κ2) is 8.52. The molecule has 4 rings (SSSR count). The van der Waals surface area contributed by atoms with Crippen LogP contribution < -0.4 is 9.47 Å². The number of carbonyl (C=O) groups excluding carboxylic acids is 1. The van der Waals surface area contributed by atoms with E-state index < -0.39 is 0 Å². The molecule has 0 fully saturated rings. The number of rotatable bonds is 6. The summed E-state index contributed by atoms with van der Waals surface area (Å²) in [6.45, 7) is 3.14. The van der Waals surface area contributed by atoms with E-state index >= 15 is 0 Å². The van der Waals surface area contributed by atoms with Crippen LogP contribution in [0.15, 0.2) is 53.3 Å². The zero-order valence-corrected chi connectivity index (χ0v) is 15.9. The van der Waals surface area contributed by atoms with Gasteiger partial charge in [0.05, 0.1) is 32.1 Å². The second-order valence-electron chi connectivity index (χ2n) is 6.49. The molecule has 29 heavy (non-hydrogen) atoms. The topological polar surface area (TPSA) is 82.6 Å². The number of benzene rings is 1. The Labute approximate surface area is 168 Å². The summed E-state index contributed by atoms with van der Waals surface area (Å²) in [7, 11) is 0. The largest absolute Gasteiger partial charge is 0.486 e. The minimum atomic E-state index is -0.262. The van der Waals surface area contributed by atoms with Gasteiger partial charge in [0.15, 0.2) is 23.3 Å². The Morgan fingerprint density at radius 1 is 1.28 bits per heavy atom. The fraction of sp³-hybridized carbons (Fsp3) is 0.286. The van der Waals surface area contributed by atoms with Crippen molar-refractivity contribution in [3.63, 3.8) is 0 Å². The molecular formula is C21H20N4O4. The number of ether oxygens (including phenoxy) is 2. The molecule has 1 unspecified atom stereocenters. The summed E-state index contributed by atoms with van der Waals surface area (Å²) in [5, 5.41) is 8.10. The first-order valence-corrected chi connectivity index (χ1v) is 9.23. The second-order valence-corrected chi connectivity index (χ2v) is 6.49. The van der Waals surface area contributed by atoms with Crippen LogP contribution in [0.25, 0.3) is 0 Å². The van der Waals surface area contributed by atoms with Crippen LogP contribution in [0.2, 0.25) is 0 Å². The van der Waals surface area contributed by atoms with E-state index in [0.29, 0.717) is 31.2 Å². The van der Waals surface area contributed by atoms with E-state index in [1.54, 1.807) is 35.0 Å². The monoisotopic (exact) mass is 392 g/mol. The Bertz CT molecular complexity index is 1030. The molecule has 0 bridgehead atoms. The minimum absolute atomic E-state index is 0.222. The lowest BCUT2D eigenvalue weighted by molar-refractivity contribution is 0.0743. The summed E-state index contributed by atoms with van der Waals surface area (Å²) in [5.74, 6) is 7.56. The summed E-state index contributed by atoms with van der Waals surface area (Å²) in [6, 6.07) is 11.1. The van der Waals surface area contributed by atoms with Gasteiger partial charge in [0.25, 0.3) is 5.91 Å². The normalized spacial score (nSPS) is 14.7. The maximum Gasteiger partial charge on any atom is 0.277 e. The highest BCUT2D eigenvalue weighted by Gasteiger charge is 2.24. The van der Waals surface area contributed by atoms with Crippen molar-refractivity contribution in [3.8, 4) is 23.3 Å². The summed E-state index contributed by atoms with van der Waals surface area (Å²) in [6.07, 6.45) is 2.96. The lowest BCUT2D eigenvalue weighted by Crippen LogP contribution is -2.33. The first-order valence-electron chi connectivity index (χ1n) is 9.23. The Balaban J connectivity index is 1.43. The molecule has 1 amide bonds. The highest BCUT2D eigenvalue weighted by Crippen LogP contribution is 2.31. The molecule has 3 aromatic rings. The van der Waals surface area contributed by atoms with Gasteiger partial charge < -0.3 is 18.8 Å².